The number of carboxylic acid groups (broad SMARTS) is 1. The Morgan fingerprint density at radius 2 is 1.88 bits per heavy atom. The molecule has 0 aromatic carbocycles. The van der Waals surface area contributed by atoms with E-state index in [0.717, 1.165) is 0 Å². The van der Waals surface area contributed by atoms with Gasteiger partial charge in [-0.3, -0.25) is 4.79 Å². The van der Waals surface area contributed by atoms with Crippen molar-refractivity contribution in [3.63, 3.8) is 0 Å². The highest BCUT2D eigenvalue weighted by molar-refractivity contribution is 5.80. The molecule has 0 radical (unpaired) electrons. The molecule has 0 saturated heterocycles. The molecule has 0 bridgehead atoms. The summed E-state index contributed by atoms with van der Waals surface area (Å²) in [6.07, 6.45) is 0. The first kappa shape index (κ1) is 14.7. The van der Waals surface area contributed by atoms with Gasteiger partial charge < -0.3 is 24.8 Å². The summed E-state index contributed by atoms with van der Waals surface area (Å²) in [5.41, 5.74) is 0. The second-order valence-corrected chi connectivity index (χ2v) is 3.03. The average Bonchev–Trinajstić information content (AvgIpc) is 2.23. The molecule has 0 aromatic rings. The van der Waals surface area contributed by atoms with E-state index in [1.54, 1.807) is 0 Å². The van der Waals surface area contributed by atoms with Gasteiger partial charge in [-0.25, -0.2) is 4.79 Å². The predicted molar refractivity (Wildman–Crippen MR) is 56.4 cm³/mol. The fourth-order valence-electron chi connectivity index (χ4n) is 0.989. The molecule has 0 atom stereocenters. The lowest BCUT2D eigenvalue weighted by Gasteiger charge is -2.20. The normalized spacial score (nSPS) is 9.88. The Labute approximate surface area is 94.3 Å². The molecule has 94 valence electrons. The minimum absolute atomic E-state index is 0.238. The first-order chi connectivity index (χ1) is 7.61. The summed E-state index contributed by atoms with van der Waals surface area (Å²) in [4.78, 5) is 23.2. The van der Waals surface area contributed by atoms with Gasteiger partial charge in [0.2, 0.25) is 0 Å². The summed E-state index contributed by atoms with van der Waals surface area (Å²) >= 11 is 0. The van der Waals surface area contributed by atoms with E-state index in [0.29, 0.717) is 19.8 Å². The van der Waals surface area contributed by atoms with E-state index in [1.165, 1.54) is 19.1 Å². The maximum absolute atomic E-state index is 11.5. The van der Waals surface area contributed by atoms with Crippen molar-refractivity contribution in [2.75, 3.05) is 47.1 Å². The molecule has 0 aliphatic carbocycles. The molecule has 2 N–H and O–H groups in total. The van der Waals surface area contributed by atoms with Crippen LogP contribution in [-0.4, -0.2) is 69.1 Å². The Hall–Kier alpha value is -1.34. The minimum atomic E-state index is -1.06. The van der Waals surface area contributed by atoms with Crippen LogP contribution in [0, 0.1) is 0 Å². The average molecular weight is 234 g/mol. The van der Waals surface area contributed by atoms with Crippen LogP contribution in [0.1, 0.15) is 0 Å². The number of carbonyl (C=O) groups excluding carboxylic acids is 1. The lowest BCUT2D eigenvalue weighted by atomic mass is 10.5. The molecule has 0 heterocycles. The van der Waals surface area contributed by atoms with Crippen molar-refractivity contribution in [1.82, 2.24) is 10.2 Å². The predicted octanol–water partition coefficient (Wildman–Crippen LogP) is -0.625. The smallest absolute Gasteiger partial charge is 0.323 e. The van der Waals surface area contributed by atoms with Crippen LogP contribution in [0.25, 0.3) is 0 Å². The molecule has 0 fully saturated rings. The van der Waals surface area contributed by atoms with Gasteiger partial charge >= 0.3 is 12.0 Å². The zero-order valence-corrected chi connectivity index (χ0v) is 9.56. The number of rotatable bonds is 8. The van der Waals surface area contributed by atoms with Gasteiger partial charge in [0.15, 0.2) is 0 Å². The Morgan fingerprint density at radius 1 is 1.25 bits per heavy atom. The van der Waals surface area contributed by atoms with Gasteiger partial charge in [0.1, 0.15) is 6.54 Å². The van der Waals surface area contributed by atoms with E-state index in [1.807, 2.05) is 0 Å². The number of amides is 2. The second-order valence-electron chi connectivity index (χ2n) is 3.03. The third-order valence-electron chi connectivity index (χ3n) is 1.76. The highest BCUT2D eigenvalue weighted by Crippen LogP contribution is 1.90. The first-order valence-corrected chi connectivity index (χ1v) is 4.84. The van der Waals surface area contributed by atoms with Crippen LogP contribution in [-0.2, 0) is 14.3 Å². The number of aliphatic carboxylic acids is 1. The van der Waals surface area contributed by atoms with E-state index in [-0.39, 0.29) is 13.1 Å². The number of nitrogens with one attached hydrogen (secondary N) is 1. The Bertz CT molecular complexity index is 222. The maximum atomic E-state index is 11.5. The van der Waals surface area contributed by atoms with Crippen molar-refractivity contribution in [2.45, 2.75) is 0 Å². The van der Waals surface area contributed by atoms with Crippen molar-refractivity contribution in [2.24, 2.45) is 0 Å². The SMILES string of the molecule is COCCNC(=O)N(CCOC)CC(=O)O. The van der Waals surface area contributed by atoms with E-state index in [9.17, 15) is 9.59 Å². The molecule has 0 spiro atoms. The molecule has 0 aliphatic heterocycles. The van der Waals surface area contributed by atoms with Crippen LogP contribution >= 0.6 is 0 Å². The van der Waals surface area contributed by atoms with Crippen molar-refractivity contribution in [3.8, 4) is 0 Å². The van der Waals surface area contributed by atoms with Crippen LogP contribution < -0.4 is 5.32 Å². The van der Waals surface area contributed by atoms with Gasteiger partial charge in [-0.2, -0.15) is 0 Å². The summed E-state index contributed by atoms with van der Waals surface area (Å²) < 4.78 is 9.55. The van der Waals surface area contributed by atoms with Crippen LogP contribution in [0.15, 0.2) is 0 Å². The summed E-state index contributed by atoms with van der Waals surface area (Å²) in [7, 11) is 3.01. The molecule has 0 rings (SSSR count). The summed E-state index contributed by atoms with van der Waals surface area (Å²) in [5, 5.41) is 11.2. The summed E-state index contributed by atoms with van der Waals surface area (Å²) in [6, 6.07) is -0.434. The number of methoxy groups -OCH3 is 2. The van der Waals surface area contributed by atoms with E-state index in [4.69, 9.17) is 14.6 Å². The van der Waals surface area contributed by atoms with Crippen molar-refractivity contribution >= 4 is 12.0 Å². The van der Waals surface area contributed by atoms with Crippen LogP contribution in [0.5, 0.6) is 0 Å². The summed E-state index contributed by atoms with van der Waals surface area (Å²) in [6.45, 7) is 0.921. The number of nitrogens with zero attached hydrogens (tertiary/aromatic N) is 1. The highest BCUT2D eigenvalue weighted by Gasteiger charge is 2.15. The van der Waals surface area contributed by atoms with Crippen LogP contribution in [0.2, 0.25) is 0 Å². The van der Waals surface area contributed by atoms with Gasteiger partial charge in [-0.05, 0) is 0 Å². The largest absolute Gasteiger partial charge is 0.480 e. The molecule has 7 nitrogen and oxygen atoms in total. The number of carboxylic acids is 1. The number of carbonyl (C=O) groups is 2. The van der Waals surface area contributed by atoms with Gasteiger partial charge in [0.25, 0.3) is 0 Å². The highest BCUT2D eigenvalue weighted by atomic mass is 16.5. The molecule has 16 heavy (non-hydrogen) atoms. The van der Waals surface area contributed by atoms with E-state index >= 15 is 0 Å². The van der Waals surface area contributed by atoms with Crippen molar-refractivity contribution in [1.29, 1.82) is 0 Å². The Balaban J connectivity index is 4.04. The fraction of sp³-hybridized carbons (Fsp3) is 0.778. The second kappa shape index (κ2) is 8.93. The quantitative estimate of drug-likeness (QED) is 0.546. The Morgan fingerprint density at radius 3 is 2.38 bits per heavy atom. The molecule has 0 saturated carbocycles. The molecular weight excluding hydrogens is 216 g/mol. The lowest BCUT2D eigenvalue weighted by Crippen LogP contribution is -2.45. The van der Waals surface area contributed by atoms with E-state index in [2.05, 4.69) is 5.32 Å². The molecule has 7 heteroatoms. The summed E-state index contributed by atoms with van der Waals surface area (Å²) in [5.74, 6) is -1.06. The number of hydrogen-bond acceptors (Lipinski definition) is 4. The van der Waals surface area contributed by atoms with Crippen LogP contribution in [0.4, 0.5) is 4.79 Å². The van der Waals surface area contributed by atoms with Crippen LogP contribution in [0.3, 0.4) is 0 Å². The first-order valence-electron chi connectivity index (χ1n) is 4.84. The standard InChI is InChI=1S/C9H18N2O5/c1-15-5-3-10-9(14)11(4-6-16-2)7-8(12)13/h3-7H2,1-2H3,(H,10,14)(H,12,13). The van der Waals surface area contributed by atoms with Gasteiger partial charge in [0.05, 0.1) is 13.2 Å². The minimum Gasteiger partial charge on any atom is -0.480 e. The van der Waals surface area contributed by atoms with Gasteiger partial charge in [-0.1, -0.05) is 0 Å². The third kappa shape index (κ3) is 7.02. The number of hydrogen-bond donors (Lipinski definition) is 2. The monoisotopic (exact) mass is 234 g/mol. The van der Waals surface area contributed by atoms with Gasteiger partial charge in [0, 0.05) is 27.3 Å². The number of ether oxygens (including phenoxy) is 2. The number of urea groups is 1. The van der Waals surface area contributed by atoms with Crippen molar-refractivity contribution in [3.05, 3.63) is 0 Å². The van der Waals surface area contributed by atoms with E-state index < -0.39 is 12.0 Å². The molecular formula is C9H18N2O5. The zero-order chi connectivity index (χ0) is 12.4. The zero-order valence-electron chi connectivity index (χ0n) is 9.56. The third-order valence-corrected chi connectivity index (χ3v) is 1.76. The molecule has 2 amide bonds. The molecule has 0 unspecified atom stereocenters. The maximum Gasteiger partial charge on any atom is 0.323 e. The Kier molecular flexibility index (Phi) is 8.18. The van der Waals surface area contributed by atoms with Crippen molar-refractivity contribution < 1.29 is 24.2 Å². The lowest BCUT2D eigenvalue weighted by molar-refractivity contribution is -0.137. The molecule has 0 aliphatic rings. The fourth-order valence-corrected chi connectivity index (χ4v) is 0.989. The van der Waals surface area contributed by atoms with Gasteiger partial charge in [-0.15, -0.1) is 0 Å². The topological polar surface area (TPSA) is 88.1 Å². The molecule has 0 aromatic heterocycles.